The molecule has 0 unspecified atom stereocenters. The van der Waals surface area contributed by atoms with Crippen molar-refractivity contribution < 1.29 is 9.59 Å². The van der Waals surface area contributed by atoms with Gasteiger partial charge in [-0.15, -0.1) is 0 Å². The number of anilines is 1. The molecule has 162 valence electrons. The molecule has 0 atom stereocenters. The summed E-state index contributed by atoms with van der Waals surface area (Å²) in [5.74, 6) is -0.207. The Labute approximate surface area is 191 Å². The molecule has 0 N–H and O–H groups in total. The summed E-state index contributed by atoms with van der Waals surface area (Å²) < 4.78 is 0. The zero-order chi connectivity index (χ0) is 21.9. The van der Waals surface area contributed by atoms with Gasteiger partial charge in [-0.2, -0.15) is 0 Å². The van der Waals surface area contributed by atoms with Gasteiger partial charge in [-0.1, -0.05) is 30.0 Å². The molecule has 7 nitrogen and oxygen atoms in total. The fraction of sp³-hybridized carbons (Fsp3) is 0.250. The number of amides is 2. The van der Waals surface area contributed by atoms with Crippen molar-refractivity contribution in [2.45, 2.75) is 16.5 Å². The molecule has 2 aromatic heterocycles. The van der Waals surface area contributed by atoms with Gasteiger partial charge in [0.25, 0.3) is 5.91 Å². The van der Waals surface area contributed by atoms with Gasteiger partial charge in [0.15, 0.2) is 0 Å². The summed E-state index contributed by atoms with van der Waals surface area (Å²) in [4.78, 5) is 41.8. The number of hydrogen-bond acceptors (Lipinski definition) is 6. The first kappa shape index (κ1) is 20.7. The van der Waals surface area contributed by atoms with Gasteiger partial charge in [-0.25, -0.2) is 4.98 Å². The van der Waals surface area contributed by atoms with Gasteiger partial charge < -0.3 is 4.90 Å². The van der Waals surface area contributed by atoms with E-state index in [0.717, 1.165) is 29.6 Å². The van der Waals surface area contributed by atoms with Crippen molar-refractivity contribution in [2.75, 3.05) is 37.6 Å². The van der Waals surface area contributed by atoms with Crippen molar-refractivity contribution in [1.82, 2.24) is 19.8 Å². The minimum absolute atomic E-state index is 0.00895. The third kappa shape index (κ3) is 4.24. The van der Waals surface area contributed by atoms with Gasteiger partial charge >= 0.3 is 0 Å². The van der Waals surface area contributed by atoms with Crippen LogP contribution in [0, 0.1) is 0 Å². The Kier molecular flexibility index (Phi) is 5.87. The van der Waals surface area contributed by atoms with E-state index in [-0.39, 0.29) is 18.4 Å². The van der Waals surface area contributed by atoms with Gasteiger partial charge in [0, 0.05) is 56.2 Å². The summed E-state index contributed by atoms with van der Waals surface area (Å²) in [5.41, 5.74) is 2.45. The molecule has 2 amide bonds. The van der Waals surface area contributed by atoms with Crippen LogP contribution >= 0.6 is 11.8 Å². The van der Waals surface area contributed by atoms with Gasteiger partial charge in [0.1, 0.15) is 11.6 Å². The number of benzene rings is 1. The van der Waals surface area contributed by atoms with Gasteiger partial charge in [-0.05, 0) is 35.9 Å². The molecule has 5 rings (SSSR count). The van der Waals surface area contributed by atoms with Crippen LogP contribution in [0.2, 0.25) is 0 Å². The van der Waals surface area contributed by atoms with Crippen molar-refractivity contribution in [3.8, 4) is 0 Å². The minimum atomic E-state index is -0.164. The maximum absolute atomic E-state index is 13.4. The van der Waals surface area contributed by atoms with Crippen molar-refractivity contribution in [3.63, 3.8) is 0 Å². The van der Waals surface area contributed by atoms with Crippen LogP contribution in [0.15, 0.2) is 77.0 Å². The van der Waals surface area contributed by atoms with Crippen LogP contribution in [0.4, 0.5) is 5.69 Å². The number of aromatic nitrogens is 2. The maximum Gasteiger partial charge on any atom is 0.259 e. The fourth-order valence-electron chi connectivity index (χ4n) is 4.06. The lowest BCUT2D eigenvalue weighted by Gasteiger charge is -2.35. The Hall–Kier alpha value is -3.23. The van der Waals surface area contributed by atoms with Crippen LogP contribution in [-0.4, -0.2) is 64.3 Å². The van der Waals surface area contributed by atoms with Crippen LogP contribution in [0.3, 0.4) is 0 Å². The molecule has 1 saturated heterocycles. The molecule has 0 bridgehead atoms. The lowest BCUT2D eigenvalue weighted by atomic mass is 10.2. The molecule has 0 spiro atoms. The number of pyridine rings is 2. The molecular formula is C24H23N5O2S. The Morgan fingerprint density at radius 2 is 1.78 bits per heavy atom. The second kappa shape index (κ2) is 9.10. The summed E-state index contributed by atoms with van der Waals surface area (Å²) in [6.07, 6.45) is 5.37. The zero-order valence-electron chi connectivity index (χ0n) is 17.6. The highest BCUT2D eigenvalue weighted by molar-refractivity contribution is 7.99. The number of hydrogen-bond donors (Lipinski definition) is 0. The van der Waals surface area contributed by atoms with Crippen molar-refractivity contribution in [1.29, 1.82) is 0 Å². The summed E-state index contributed by atoms with van der Waals surface area (Å²) in [6.45, 7) is 3.72. The summed E-state index contributed by atoms with van der Waals surface area (Å²) >= 11 is 1.46. The number of rotatable bonds is 4. The molecule has 2 aliphatic rings. The van der Waals surface area contributed by atoms with E-state index in [4.69, 9.17) is 0 Å². The molecule has 2 aliphatic heterocycles. The average molecular weight is 446 g/mol. The van der Waals surface area contributed by atoms with Crippen LogP contribution in [0.25, 0.3) is 0 Å². The van der Waals surface area contributed by atoms with E-state index in [1.165, 1.54) is 17.3 Å². The third-order valence-corrected chi connectivity index (χ3v) is 6.84. The molecule has 0 saturated carbocycles. The highest BCUT2D eigenvalue weighted by Gasteiger charge is 2.31. The first-order valence-corrected chi connectivity index (χ1v) is 11.4. The highest BCUT2D eigenvalue weighted by Crippen LogP contribution is 2.39. The largest absolute Gasteiger partial charge is 0.339 e. The second-order valence-corrected chi connectivity index (χ2v) is 8.87. The zero-order valence-corrected chi connectivity index (χ0v) is 18.4. The van der Waals surface area contributed by atoms with E-state index < -0.39 is 0 Å². The first-order chi connectivity index (χ1) is 15.7. The number of carbonyl (C=O) groups is 2. The normalized spacial score (nSPS) is 16.3. The molecule has 0 aliphatic carbocycles. The SMILES string of the molecule is O=C(CN1C(=O)c2ccccc2Sc2ncccc21)N1CCN(Cc2cccnc2)CC1. The van der Waals surface area contributed by atoms with E-state index in [1.54, 1.807) is 23.4 Å². The lowest BCUT2D eigenvalue weighted by molar-refractivity contribution is -0.131. The molecule has 32 heavy (non-hydrogen) atoms. The summed E-state index contributed by atoms with van der Waals surface area (Å²) in [6, 6.07) is 15.2. The van der Waals surface area contributed by atoms with E-state index in [2.05, 4.69) is 20.9 Å². The predicted molar refractivity (Wildman–Crippen MR) is 123 cm³/mol. The summed E-state index contributed by atoms with van der Waals surface area (Å²) in [7, 11) is 0. The highest BCUT2D eigenvalue weighted by atomic mass is 32.2. The van der Waals surface area contributed by atoms with Gasteiger partial charge in [0.2, 0.25) is 5.91 Å². The van der Waals surface area contributed by atoms with Gasteiger partial charge in [-0.3, -0.25) is 24.4 Å². The Morgan fingerprint density at radius 3 is 2.59 bits per heavy atom. The van der Waals surface area contributed by atoms with Crippen LogP contribution in [0.1, 0.15) is 15.9 Å². The Bertz CT molecular complexity index is 1130. The van der Waals surface area contributed by atoms with E-state index in [1.807, 2.05) is 47.5 Å². The lowest BCUT2D eigenvalue weighted by Crippen LogP contribution is -2.51. The second-order valence-electron chi connectivity index (χ2n) is 7.84. The van der Waals surface area contributed by atoms with Crippen LogP contribution in [-0.2, 0) is 11.3 Å². The van der Waals surface area contributed by atoms with E-state index in [0.29, 0.717) is 24.3 Å². The predicted octanol–water partition coefficient (Wildman–Crippen LogP) is 2.93. The fourth-order valence-corrected chi connectivity index (χ4v) is 5.07. The first-order valence-electron chi connectivity index (χ1n) is 10.6. The minimum Gasteiger partial charge on any atom is -0.339 e. The smallest absolute Gasteiger partial charge is 0.259 e. The van der Waals surface area contributed by atoms with Crippen molar-refractivity contribution in [2.24, 2.45) is 0 Å². The number of nitrogens with zero attached hydrogens (tertiary/aromatic N) is 5. The number of fused-ring (bicyclic) bond motifs is 2. The van der Waals surface area contributed by atoms with Crippen LogP contribution in [0.5, 0.6) is 0 Å². The molecule has 4 heterocycles. The standard InChI is InChI=1S/C24H23N5O2S/c30-22(28-13-11-27(12-14-28)16-18-5-3-9-25-15-18)17-29-20-7-4-10-26-23(20)32-21-8-2-1-6-19(21)24(29)31/h1-10,15H,11-14,16-17H2. The van der Waals surface area contributed by atoms with Crippen molar-refractivity contribution in [3.05, 3.63) is 78.2 Å². The molecule has 1 aromatic carbocycles. The van der Waals surface area contributed by atoms with E-state index in [9.17, 15) is 9.59 Å². The molecule has 1 fully saturated rings. The number of piperazine rings is 1. The molecule has 0 radical (unpaired) electrons. The molecular weight excluding hydrogens is 422 g/mol. The number of carbonyl (C=O) groups excluding carboxylic acids is 2. The Morgan fingerprint density at radius 1 is 0.969 bits per heavy atom. The third-order valence-electron chi connectivity index (χ3n) is 5.76. The summed E-state index contributed by atoms with van der Waals surface area (Å²) in [5, 5.41) is 0.736. The van der Waals surface area contributed by atoms with E-state index >= 15 is 0 Å². The maximum atomic E-state index is 13.4. The van der Waals surface area contributed by atoms with Crippen LogP contribution < -0.4 is 4.90 Å². The molecule has 8 heteroatoms. The quantitative estimate of drug-likeness (QED) is 0.615. The average Bonchev–Trinajstić information content (AvgIpc) is 2.95. The molecule has 3 aromatic rings. The van der Waals surface area contributed by atoms with Gasteiger partial charge in [0.05, 0.1) is 11.3 Å². The van der Waals surface area contributed by atoms with Crippen molar-refractivity contribution >= 4 is 29.3 Å². The Balaban J connectivity index is 1.29. The topological polar surface area (TPSA) is 69.6 Å². The monoisotopic (exact) mass is 445 g/mol.